The topological polar surface area (TPSA) is 46.5 Å². The zero-order chi connectivity index (χ0) is 11.6. The smallest absolute Gasteiger partial charge is 0.235 e. The summed E-state index contributed by atoms with van der Waals surface area (Å²) < 4.78 is 13.2. The fourth-order valence-electron chi connectivity index (χ4n) is 2.07. The summed E-state index contributed by atoms with van der Waals surface area (Å²) in [5, 5.41) is 0. The molecule has 16 heavy (non-hydrogen) atoms. The largest absolute Gasteiger partial charge is 0.298 e. The number of isocyanates is 1. The monoisotopic (exact) mass is 219 g/mol. The molecule has 0 saturated heterocycles. The molecule has 0 N–H and O–H groups in total. The van der Waals surface area contributed by atoms with E-state index in [1.54, 1.807) is 0 Å². The minimum Gasteiger partial charge on any atom is -0.298 e. The van der Waals surface area contributed by atoms with Crippen LogP contribution >= 0.6 is 0 Å². The Bertz CT molecular complexity index is 474. The molecule has 1 fully saturated rings. The van der Waals surface area contributed by atoms with E-state index in [9.17, 15) is 14.0 Å². The lowest BCUT2D eigenvalue weighted by Crippen LogP contribution is -2.33. The van der Waals surface area contributed by atoms with Crippen molar-refractivity contribution in [1.82, 2.24) is 0 Å². The maximum absolute atomic E-state index is 13.2. The average molecular weight is 219 g/mol. The molecule has 1 aliphatic carbocycles. The van der Waals surface area contributed by atoms with E-state index in [0.717, 1.165) is 6.42 Å². The molecule has 4 heteroatoms. The number of hydrogen-bond acceptors (Lipinski definition) is 3. The van der Waals surface area contributed by atoms with Crippen molar-refractivity contribution in [3.8, 4) is 0 Å². The first-order chi connectivity index (χ1) is 7.72. The fourth-order valence-corrected chi connectivity index (χ4v) is 2.07. The van der Waals surface area contributed by atoms with E-state index in [1.165, 1.54) is 24.3 Å². The van der Waals surface area contributed by atoms with E-state index in [-0.39, 0.29) is 0 Å². The molecule has 3 nitrogen and oxygen atoms in total. The van der Waals surface area contributed by atoms with Gasteiger partial charge < -0.3 is 0 Å². The molecular formula is C12H10FNO2. The summed E-state index contributed by atoms with van der Waals surface area (Å²) in [4.78, 5) is 25.0. The minimum absolute atomic E-state index is 0.389. The molecule has 82 valence electrons. The molecule has 1 aliphatic rings. The summed E-state index contributed by atoms with van der Waals surface area (Å²) in [7, 11) is 0. The van der Waals surface area contributed by atoms with E-state index in [1.807, 2.05) is 0 Å². The number of rotatable bonds is 3. The van der Waals surface area contributed by atoms with Crippen molar-refractivity contribution in [3.63, 3.8) is 0 Å². The Morgan fingerprint density at radius 2 is 2.19 bits per heavy atom. The van der Waals surface area contributed by atoms with Crippen molar-refractivity contribution in [3.05, 3.63) is 35.1 Å². The van der Waals surface area contributed by atoms with Crippen LogP contribution in [-0.4, -0.2) is 12.4 Å². The van der Waals surface area contributed by atoms with Crippen LogP contribution in [0.5, 0.6) is 0 Å². The molecule has 0 unspecified atom stereocenters. The third-order valence-corrected chi connectivity index (χ3v) is 3.08. The summed E-state index contributed by atoms with van der Waals surface area (Å²) in [5.41, 5.74) is 0.164. The first-order valence-corrected chi connectivity index (χ1v) is 5.06. The Labute approximate surface area is 92.0 Å². The van der Waals surface area contributed by atoms with Gasteiger partial charge in [-0.05, 0) is 43.0 Å². The van der Waals surface area contributed by atoms with Gasteiger partial charge in [0.15, 0.2) is 0 Å². The number of aliphatic imine (C=N–C) groups is 1. The second-order valence-electron chi connectivity index (χ2n) is 3.94. The van der Waals surface area contributed by atoms with Crippen molar-refractivity contribution in [1.29, 1.82) is 0 Å². The first-order valence-electron chi connectivity index (χ1n) is 5.06. The summed E-state index contributed by atoms with van der Waals surface area (Å²) in [6.07, 6.45) is 4.41. The van der Waals surface area contributed by atoms with Crippen LogP contribution in [0, 0.1) is 5.82 Å². The predicted octanol–water partition coefficient (Wildman–Crippen LogP) is 2.35. The molecule has 0 radical (unpaired) electrons. The number of nitrogens with zero attached hydrogens (tertiary/aromatic N) is 1. The van der Waals surface area contributed by atoms with Gasteiger partial charge in [0.05, 0.1) is 5.54 Å². The van der Waals surface area contributed by atoms with Crippen LogP contribution in [0.2, 0.25) is 0 Å². The van der Waals surface area contributed by atoms with Crippen LogP contribution in [0.3, 0.4) is 0 Å². The van der Waals surface area contributed by atoms with Gasteiger partial charge in [-0.15, -0.1) is 0 Å². The van der Waals surface area contributed by atoms with Gasteiger partial charge in [0.1, 0.15) is 12.1 Å². The van der Waals surface area contributed by atoms with Crippen LogP contribution in [0.1, 0.15) is 35.2 Å². The highest BCUT2D eigenvalue weighted by atomic mass is 19.1. The lowest BCUT2D eigenvalue weighted by atomic mass is 9.71. The number of benzene rings is 1. The maximum Gasteiger partial charge on any atom is 0.235 e. The quantitative estimate of drug-likeness (QED) is 0.445. The van der Waals surface area contributed by atoms with E-state index < -0.39 is 11.4 Å². The fraction of sp³-hybridized carbons (Fsp3) is 0.333. The van der Waals surface area contributed by atoms with Crippen molar-refractivity contribution >= 4 is 12.4 Å². The third-order valence-electron chi connectivity index (χ3n) is 3.08. The number of carbonyl (C=O) groups excluding carboxylic acids is 2. The molecular weight excluding hydrogens is 209 g/mol. The van der Waals surface area contributed by atoms with Gasteiger partial charge in [0, 0.05) is 5.56 Å². The van der Waals surface area contributed by atoms with Crippen molar-refractivity contribution < 1.29 is 14.0 Å². The molecule has 0 aromatic heterocycles. The molecule has 1 aromatic rings. The molecule has 0 heterocycles. The average Bonchev–Trinajstić information content (AvgIpc) is 2.23. The maximum atomic E-state index is 13.2. The van der Waals surface area contributed by atoms with Crippen molar-refractivity contribution in [2.75, 3.05) is 0 Å². The second-order valence-corrected chi connectivity index (χ2v) is 3.94. The number of halogens is 1. The number of carbonyl (C=O) groups is 1. The lowest BCUT2D eigenvalue weighted by Gasteiger charge is -2.37. The van der Waals surface area contributed by atoms with Crippen LogP contribution in [0.25, 0.3) is 0 Å². The van der Waals surface area contributed by atoms with Crippen LogP contribution in [0.4, 0.5) is 4.39 Å². The van der Waals surface area contributed by atoms with Crippen molar-refractivity contribution in [2.45, 2.75) is 24.8 Å². The Balaban J connectivity index is 2.56. The lowest BCUT2D eigenvalue weighted by molar-refractivity contribution is 0.111. The molecule has 2 rings (SSSR count). The first kappa shape index (κ1) is 10.7. The SMILES string of the molecule is O=C=NC1(c2cc(F)ccc2C=O)CCC1. The predicted molar refractivity (Wildman–Crippen MR) is 55.4 cm³/mol. The molecule has 0 amide bonds. The Morgan fingerprint density at radius 3 is 2.69 bits per heavy atom. The Hall–Kier alpha value is -1.80. The van der Waals surface area contributed by atoms with Crippen molar-refractivity contribution in [2.24, 2.45) is 4.99 Å². The van der Waals surface area contributed by atoms with Gasteiger partial charge >= 0.3 is 0 Å². The van der Waals surface area contributed by atoms with Crippen LogP contribution in [-0.2, 0) is 10.3 Å². The van der Waals surface area contributed by atoms with E-state index in [4.69, 9.17) is 0 Å². The van der Waals surface area contributed by atoms with Crippen LogP contribution < -0.4 is 0 Å². The molecule has 0 aliphatic heterocycles. The second kappa shape index (κ2) is 3.99. The zero-order valence-electron chi connectivity index (χ0n) is 8.57. The van der Waals surface area contributed by atoms with Gasteiger partial charge in [-0.1, -0.05) is 0 Å². The summed E-state index contributed by atoms with van der Waals surface area (Å²) in [6, 6.07) is 3.92. The van der Waals surface area contributed by atoms with Gasteiger partial charge in [-0.3, -0.25) is 4.79 Å². The van der Waals surface area contributed by atoms with Gasteiger partial charge in [0.2, 0.25) is 6.08 Å². The van der Waals surface area contributed by atoms with Gasteiger partial charge in [-0.25, -0.2) is 9.18 Å². The normalized spacial score (nSPS) is 17.1. The third kappa shape index (κ3) is 1.57. The standard InChI is InChI=1S/C12H10FNO2/c13-10-3-2-9(7-15)11(6-10)12(14-8-16)4-1-5-12/h2-3,6-7H,1,4-5H2. The summed E-state index contributed by atoms with van der Waals surface area (Å²) in [6.45, 7) is 0. The summed E-state index contributed by atoms with van der Waals surface area (Å²) >= 11 is 0. The number of hydrogen-bond donors (Lipinski definition) is 0. The van der Waals surface area contributed by atoms with Crippen LogP contribution in [0.15, 0.2) is 23.2 Å². The van der Waals surface area contributed by atoms with Gasteiger partial charge in [-0.2, -0.15) is 4.99 Å². The Morgan fingerprint density at radius 1 is 1.44 bits per heavy atom. The highest BCUT2D eigenvalue weighted by Gasteiger charge is 2.40. The molecule has 0 spiro atoms. The summed E-state index contributed by atoms with van der Waals surface area (Å²) in [5.74, 6) is -0.423. The highest BCUT2D eigenvalue weighted by Crippen LogP contribution is 2.45. The number of aldehydes is 1. The zero-order valence-corrected chi connectivity index (χ0v) is 8.57. The molecule has 1 aromatic carbocycles. The molecule has 0 atom stereocenters. The van der Waals surface area contributed by atoms with E-state index >= 15 is 0 Å². The Kier molecular flexibility index (Phi) is 2.67. The van der Waals surface area contributed by atoms with Gasteiger partial charge in [0.25, 0.3) is 0 Å². The molecule has 0 bridgehead atoms. The highest BCUT2D eigenvalue weighted by molar-refractivity contribution is 5.78. The van der Waals surface area contributed by atoms with E-state index in [0.29, 0.717) is 30.3 Å². The minimum atomic E-state index is -0.722. The van der Waals surface area contributed by atoms with E-state index in [2.05, 4.69) is 4.99 Å². The molecule has 1 saturated carbocycles.